The molecule has 16 heavy (non-hydrogen) atoms. The Labute approximate surface area is 97.3 Å². The fourth-order valence-corrected chi connectivity index (χ4v) is 1.79. The van der Waals surface area contributed by atoms with Gasteiger partial charge in [-0.1, -0.05) is 66.2 Å². The largest absolute Gasteiger partial charge is 0.0622 e. The van der Waals surface area contributed by atoms with E-state index in [-0.39, 0.29) is 0 Å². The minimum atomic E-state index is 1.27. The van der Waals surface area contributed by atoms with E-state index < -0.39 is 0 Å². The first-order valence-corrected chi connectivity index (χ1v) is 5.56. The zero-order valence-corrected chi connectivity index (χ0v) is 9.77. The van der Waals surface area contributed by atoms with Gasteiger partial charge in [-0.2, -0.15) is 0 Å². The lowest BCUT2D eigenvalue weighted by atomic mass is 10.0. The van der Waals surface area contributed by atoms with E-state index in [4.69, 9.17) is 0 Å². The molecule has 0 aliphatic heterocycles. The molecule has 0 aromatic heterocycles. The third kappa shape index (κ3) is 2.60. The predicted molar refractivity (Wildman–Crippen MR) is 71.2 cm³/mol. The second-order valence-electron chi connectivity index (χ2n) is 4.11. The van der Waals surface area contributed by atoms with Gasteiger partial charge in [-0.15, -0.1) is 0 Å². The molecular formula is C16H16. The van der Waals surface area contributed by atoms with Gasteiger partial charge in [0.2, 0.25) is 0 Å². The van der Waals surface area contributed by atoms with Crippen molar-refractivity contribution in [2.45, 2.75) is 13.8 Å². The normalized spacial score (nSPS) is 11.5. The Morgan fingerprint density at radius 3 is 2.38 bits per heavy atom. The Morgan fingerprint density at radius 1 is 0.938 bits per heavy atom. The molecule has 0 amide bonds. The van der Waals surface area contributed by atoms with Crippen LogP contribution in [0, 0.1) is 6.92 Å². The molecule has 2 rings (SSSR count). The molecule has 0 spiro atoms. The van der Waals surface area contributed by atoms with Crippen molar-refractivity contribution in [2.24, 2.45) is 0 Å². The molecule has 0 unspecified atom stereocenters. The topological polar surface area (TPSA) is 0 Å². The van der Waals surface area contributed by atoms with Crippen LogP contribution in [-0.2, 0) is 0 Å². The van der Waals surface area contributed by atoms with E-state index in [1.807, 2.05) is 6.07 Å². The van der Waals surface area contributed by atoms with Crippen LogP contribution in [0.3, 0.4) is 0 Å². The van der Waals surface area contributed by atoms with Crippen molar-refractivity contribution in [3.8, 4) is 0 Å². The highest BCUT2D eigenvalue weighted by Gasteiger charge is 1.94. The quantitative estimate of drug-likeness (QED) is 0.635. The van der Waals surface area contributed by atoms with Crippen LogP contribution in [0.5, 0.6) is 0 Å². The van der Waals surface area contributed by atoms with E-state index in [0.29, 0.717) is 0 Å². The Bertz CT molecular complexity index is 492. The van der Waals surface area contributed by atoms with Crippen LogP contribution in [0.25, 0.3) is 11.6 Å². The summed E-state index contributed by atoms with van der Waals surface area (Å²) < 4.78 is 0. The molecule has 0 aliphatic rings. The molecule has 0 saturated heterocycles. The number of aryl methyl sites for hydroxylation is 1. The van der Waals surface area contributed by atoms with Crippen molar-refractivity contribution in [1.82, 2.24) is 0 Å². The second-order valence-corrected chi connectivity index (χ2v) is 4.11. The minimum Gasteiger partial charge on any atom is -0.0622 e. The summed E-state index contributed by atoms with van der Waals surface area (Å²) in [4.78, 5) is 0. The van der Waals surface area contributed by atoms with Gasteiger partial charge in [-0.25, -0.2) is 0 Å². The summed E-state index contributed by atoms with van der Waals surface area (Å²) in [6.07, 6.45) is 2.22. The third-order valence-electron chi connectivity index (χ3n) is 2.65. The molecule has 0 saturated carbocycles. The molecule has 0 aliphatic carbocycles. The van der Waals surface area contributed by atoms with Crippen molar-refractivity contribution < 1.29 is 0 Å². The van der Waals surface area contributed by atoms with Crippen molar-refractivity contribution in [1.29, 1.82) is 0 Å². The monoisotopic (exact) mass is 208 g/mol. The van der Waals surface area contributed by atoms with Gasteiger partial charge in [0.25, 0.3) is 0 Å². The fraction of sp³-hybridized carbons (Fsp3) is 0.125. The lowest BCUT2D eigenvalue weighted by Gasteiger charge is -2.02. The molecule has 0 fully saturated rings. The third-order valence-corrected chi connectivity index (χ3v) is 2.65. The van der Waals surface area contributed by atoms with Crippen LogP contribution in [0.1, 0.15) is 23.6 Å². The molecule has 2 aromatic rings. The summed E-state index contributed by atoms with van der Waals surface area (Å²) in [6.45, 7) is 4.27. The molecule has 80 valence electrons. The SMILES string of the molecule is CC(=Cc1cccc(C)c1)c1ccccc1. The lowest BCUT2D eigenvalue weighted by molar-refractivity contribution is 1.46. The standard InChI is InChI=1S/C16H16/c1-13-7-6-8-15(11-13)12-14(2)16-9-4-3-5-10-16/h3-12H,1-2H3. The Morgan fingerprint density at radius 2 is 1.69 bits per heavy atom. The highest BCUT2D eigenvalue weighted by Crippen LogP contribution is 2.17. The first kappa shape index (κ1) is 10.7. The number of hydrogen-bond acceptors (Lipinski definition) is 0. The maximum Gasteiger partial charge on any atom is -0.0227 e. The molecular weight excluding hydrogens is 192 g/mol. The number of rotatable bonds is 2. The maximum absolute atomic E-state index is 2.22. The summed E-state index contributed by atoms with van der Waals surface area (Å²) >= 11 is 0. The average Bonchev–Trinajstić information content (AvgIpc) is 2.30. The van der Waals surface area contributed by atoms with E-state index in [9.17, 15) is 0 Å². The first-order valence-electron chi connectivity index (χ1n) is 5.56. The van der Waals surface area contributed by atoms with Gasteiger partial charge in [0, 0.05) is 0 Å². The van der Waals surface area contributed by atoms with Gasteiger partial charge >= 0.3 is 0 Å². The molecule has 2 aromatic carbocycles. The average molecular weight is 208 g/mol. The maximum atomic E-state index is 2.22. The van der Waals surface area contributed by atoms with Crippen LogP contribution in [-0.4, -0.2) is 0 Å². The van der Waals surface area contributed by atoms with Crippen molar-refractivity contribution in [3.05, 3.63) is 71.3 Å². The van der Waals surface area contributed by atoms with E-state index in [1.54, 1.807) is 0 Å². The van der Waals surface area contributed by atoms with Crippen molar-refractivity contribution in [3.63, 3.8) is 0 Å². The van der Waals surface area contributed by atoms with E-state index >= 15 is 0 Å². The summed E-state index contributed by atoms with van der Waals surface area (Å²) in [5, 5.41) is 0. The number of benzene rings is 2. The van der Waals surface area contributed by atoms with Crippen molar-refractivity contribution in [2.75, 3.05) is 0 Å². The molecule has 0 heterocycles. The summed E-state index contributed by atoms with van der Waals surface area (Å²) in [5.41, 5.74) is 5.14. The smallest absolute Gasteiger partial charge is 0.0227 e. The van der Waals surface area contributed by atoms with E-state index in [2.05, 4.69) is 68.5 Å². The summed E-state index contributed by atoms with van der Waals surface area (Å²) in [6, 6.07) is 19.0. The van der Waals surface area contributed by atoms with Gasteiger partial charge < -0.3 is 0 Å². The van der Waals surface area contributed by atoms with Crippen LogP contribution < -0.4 is 0 Å². The van der Waals surface area contributed by atoms with Gasteiger partial charge in [-0.05, 0) is 30.5 Å². The van der Waals surface area contributed by atoms with Gasteiger partial charge in [0.05, 0.1) is 0 Å². The van der Waals surface area contributed by atoms with E-state index in [0.717, 1.165) is 0 Å². The highest BCUT2D eigenvalue weighted by molar-refractivity contribution is 5.80. The minimum absolute atomic E-state index is 1.27. The molecule has 0 heteroatoms. The van der Waals surface area contributed by atoms with Crippen LogP contribution in [0.15, 0.2) is 54.6 Å². The Kier molecular flexibility index (Phi) is 3.21. The molecule has 0 N–H and O–H groups in total. The predicted octanol–water partition coefficient (Wildman–Crippen LogP) is 4.56. The first-order chi connectivity index (χ1) is 7.75. The Balaban J connectivity index is 2.32. The molecule has 0 bridgehead atoms. The fourth-order valence-electron chi connectivity index (χ4n) is 1.79. The summed E-state index contributed by atoms with van der Waals surface area (Å²) in [5.74, 6) is 0. The molecule has 0 nitrogen and oxygen atoms in total. The lowest BCUT2D eigenvalue weighted by Crippen LogP contribution is -1.80. The molecule has 0 atom stereocenters. The zero-order valence-electron chi connectivity index (χ0n) is 9.77. The van der Waals surface area contributed by atoms with Crippen LogP contribution in [0.4, 0.5) is 0 Å². The van der Waals surface area contributed by atoms with Crippen molar-refractivity contribution >= 4 is 11.6 Å². The number of allylic oxidation sites excluding steroid dienone is 1. The molecule has 0 radical (unpaired) electrons. The van der Waals surface area contributed by atoms with Gasteiger partial charge in [0.1, 0.15) is 0 Å². The number of hydrogen-bond donors (Lipinski definition) is 0. The summed E-state index contributed by atoms with van der Waals surface area (Å²) in [7, 11) is 0. The second kappa shape index (κ2) is 4.80. The van der Waals surface area contributed by atoms with Gasteiger partial charge in [0.15, 0.2) is 0 Å². The van der Waals surface area contributed by atoms with Crippen LogP contribution >= 0.6 is 0 Å². The zero-order chi connectivity index (χ0) is 11.4. The Hall–Kier alpha value is -1.82. The van der Waals surface area contributed by atoms with E-state index in [1.165, 1.54) is 22.3 Å². The van der Waals surface area contributed by atoms with Crippen LogP contribution in [0.2, 0.25) is 0 Å². The highest BCUT2D eigenvalue weighted by atomic mass is 14.0. The van der Waals surface area contributed by atoms with Gasteiger partial charge in [-0.3, -0.25) is 0 Å².